The van der Waals surface area contributed by atoms with E-state index in [1.807, 2.05) is 17.0 Å². The molecule has 2 fully saturated rings. The molecule has 1 aliphatic heterocycles. The van der Waals surface area contributed by atoms with E-state index in [1.54, 1.807) is 18.2 Å². The van der Waals surface area contributed by atoms with Crippen LogP contribution in [0.25, 0.3) is 0 Å². The number of ketones is 1. The van der Waals surface area contributed by atoms with Gasteiger partial charge in [-0.05, 0) is 54.5 Å². The lowest BCUT2D eigenvalue weighted by Gasteiger charge is -2.32. The number of urea groups is 1. The fraction of sp³-hybridized carbons (Fsp3) is 0.375. The van der Waals surface area contributed by atoms with Gasteiger partial charge in [0.05, 0.1) is 6.04 Å². The number of nitrogens with two attached hydrogens (primary N) is 1. The first kappa shape index (κ1) is 22.3. The number of benzene rings is 2. The van der Waals surface area contributed by atoms with Gasteiger partial charge in [0.2, 0.25) is 0 Å². The minimum Gasteiger partial charge on any atom is -0.339 e. The van der Waals surface area contributed by atoms with E-state index in [4.69, 9.17) is 17.3 Å². The second-order valence-electron chi connectivity index (χ2n) is 8.40. The molecule has 1 unspecified atom stereocenters. The van der Waals surface area contributed by atoms with E-state index in [9.17, 15) is 14.4 Å². The van der Waals surface area contributed by atoms with Gasteiger partial charge in [0, 0.05) is 42.3 Å². The molecular weight excluding hydrogens is 428 g/mol. The molecule has 4 N–H and O–H groups in total. The molecular formula is C24H27ClN4O3. The molecule has 1 saturated carbocycles. The number of piperidine rings is 1. The van der Waals surface area contributed by atoms with E-state index in [0.29, 0.717) is 54.7 Å². The third kappa shape index (κ3) is 5.11. The van der Waals surface area contributed by atoms with Crippen LogP contribution in [0.4, 0.5) is 10.5 Å². The summed E-state index contributed by atoms with van der Waals surface area (Å²) in [4.78, 5) is 38.5. The minimum atomic E-state index is -0.482. The van der Waals surface area contributed by atoms with E-state index in [2.05, 4.69) is 22.8 Å². The topological polar surface area (TPSA) is 105 Å². The molecule has 4 rings (SSSR count). The summed E-state index contributed by atoms with van der Waals surface area (Å²) in [5, 5.41) is 5.66. The fourth-order valence-electron chi connectivity index (χ4n) is 4.24. The molecule has 1 atom stereocenters. The number of carbonyl (C=O) groups is 3. The van der Waals surface area contributed by atoms with Crippen molar-refractivity contribution in [2.24, 2.45) is 5.73 Å². The summed E-state index contributed by atoms with van der Waals surface area (Å²) < 4.78 is 0. The average molecular weight is 455 g/mol. The quantitative estimate of drug-likeness (QED) is 0.641. The first-order valence-corrected chi connectivity index (χ1v) is 11.3. The summed E-state index contributed by atoms with van der Waals surface area (Å²) in [7, 11) is 0. The van der Waals surface area contributed by atoms with Gasteiger partial charge in [-0.25, -0.2) is 4.79 Å². The Labute approximate surface area is 192 Å². The van der Waals surface area contributed by atoms with Crippen LogP contribution < -0.4 is 16.4 Å². The number of Topliss-reactive ketones (excluding diaryl/α,β-unsaturated/α-hetero) is 1. The van der Waals surface area contributed by atoms with Crippen molar-refractivity contribution >= 4 is 35.0 Å². The number of hydrogen-bond donors (Lipinski definition) is 3. The Morgan fingerprint density at radius 3 is 2.53 bits per heavy atom. The molecule has 2 aliphatic rings. The van der Waals surface area contributed by atoms with Gasteiger partial charge in [0.25, 0.3) is 5.91 Å². The van der Waals surface area contributed by atoms with Crippen molar-refractivity contribution in [3.05, 3.63) is 64.2 Å². The highest BCUT2D eigenvalue weighted by molar-refractivity contribution is 6.31. The molecule has 32 heavy (non-hydrogen) atoms. The Hall–Kier alpha value is -2.90. The van der Waals surface area contributed by atoms with Gasteiger partial charge < -0.3 is 21.3 Å². The largest absolute Gasteiger partial charge is 0.339 e. The zero-order valence-corrected chi connectivity index (χ0v) is 18.5. The van der Waals surface area contributed by atoms with Crippen LogP contribution in [-0.2, 0) is 11.3 Å². The Morgan fingerprint density at radius 1 is 1.09 bits per heavy atom. The summed E-state index contributed by atoms with van der Waals surface area (Å²) in [6.45, 7) is 1.82. The number of nitrogens with one attached hydrogen (secondary N) is 2. The maximum absolute atomic E-state index is 13.1. The number of halogens is 1. The monoisotopic (exact) mass is 454 g/mol. The molecule has 3 amide bonds. The highest BCUT2D eigenvalue weighted by atomic mass is 35.5. The van der Waals surface area contributed by atoms with Crippen molar-refractivity contribution in [1.82, 2.24) is 10.2 Å². The molecule has 0 aromatic heterocycles. The summed E-state index contributed by atoms with van der Waals surface area (Å²) >= 11 is 6.21. The molecule has 0 spiro atoms. The van der Waals surface area contributed by atoms with E-state index >= 15 is 0 Å². The van der Waals surface area contributed by atoms with Gasteiger partial charge in [-0.15, -0.1) is 0 Å². The highest BCUT2D eigenvalue weighted by Crippen LogP contribution is 2.30. The van der Waals surface area contributed by atoms with Gasteiger partial charge in [-0.3, -0.25) is 9.59 Å². The van der Waals surface area contributed by atoms with E-state index < -0.39 is 12.1 Å². The van der Waals surface area contributed by atoms with Crippen LogP contribution in [0.15, 0.2) is 42.5 Å². The van der Waals surface area contributed by atoms with Crippen molar-refractivity contribution in [1.29, 1.82) is 0 Å². The normalized spacial score (nSPS) is 18.8. The predicted molar refractivity (Wildman–Crippen MR) is 124 cm³/mol. The van der Waals surface area contributed by atoms with Gasteiger partial charge >= 0.3 is 6.03 Å². The number of nitrogens with zero attached hydrogens (tertiary/aromatic N) is 1. The van der Waals surface area contributed by atoms with Gasteiger partial charge in [-0.1, -0.05) is 35.9 Å². The number of likely N-dealkylation sites (tertiary alicyclic amines) is 1. The smallest absolute Gasteiger partial charge is 0.319 e. The SMILES string of the molecule is NCc1cccc(C2CCN(C(=O)c3cc(Cl)cc(NC(=O)NC4CCC4=O)c3)CC2)c1. The number of hydrogen-bond acceptors (Lipinski definition) is 4. The lowest BCUT2D eigenvalue weighted by Crippen LogP contribution is -2.48. The zero-order chi connectivity index (χ0) is 22.7. The number of amides is 3. The molecule has 2 aromatic rings. The summed E-state index contributed by atoms with van der Waals surface area (Å²) in [5.74, 6) is 0.319. The van der Waals surface area contributed by atoms with Gasteiger partial charge in [0.1, 0.15) is 0 Å². The predicted octanol–water partition coefficient (Wildman–Crippen LogP) is 3.67. The summed E-state index contributed by atoms with van der Waals surface area (Å²) in [6.07, 6.45) is 2.90. The molecule has 0 bridgehead atoms. The molecule has 168 valence electrons. The van der Waals surface area contributed by atoms with Crippen LogP contribution in [0, 0.1) is 0 Å². The number of anilines is 1. The van der Waals surface area contributed by atoms with E-state index in [0.717, 1.165) is 18.4 Å². The number of carbonyl (C=O) groups excluding carboxylic acids is 3. The number of rotatable bonds is 5. The van der Waals surface area contributed by atoms with Crippen molar-refractivity contribution < 1.29 is 14.4 Å². The molecule has 2 aromatic carbocycles. The van der Waals surface area contributed by atoms with Gasteiger partial charge in [-0.2, -0.15) is 0 Å². The van der Waals surface area contributed by atoms with Crippen molar-refractivity contribution in [2.75, 3.05) is 18.4 Å². The fourth-order valence-corrected chi connectivity index (χ4v) is 4.48. The lowest BCUT2D eigenvalue weighted by atomic mass is 9.88. The Balaban J connectivity index is 1.37. The second kappa shape index (κ2) is 9.71. The maximum atomic E-state index is 13.1. The van der Waals surface area contributed by atoms with Crippen LogP contribution in [0.1, 0.15) is 53.1 Å². The van der Waals surface area contributed by atoms with Crippen LogP contribution in [-0.4, -0.2) is 41.8 Å². The van der Waals surface area contributed by atoms with E-state index in [1.165, 1.54) is 5.56 Å². The molecule has 1 heterocycles. The first-order chi connectivity index (χ1) is 15.4. The zero-order valence-electron chi connectivity index (χ0n) is 17.8. The Kier molecular flexibility index (Phi) is 6.77. The second-order valence-corrected chi connectivity index (χ2v) is 8.84. The Bertz CT molecular complexity index is 1030. The molecule has 7 nitrogen and oxygen atoms in total. The van der Waals surface area contributed by atoms with Crippen molar-refractivity contribution in [3.8, 4) is 0 Å². The molecule has 1 aliphatic carbocycles. The van der Waals surface area contributed by atoms with Gasteiger partial charge in [0.15, 0.2) is 5.78 Å². The molecule has 1 saturated heterocycles. The van der Waals surface area contributed by atoms with Crippen LogP contribution >= 0.6 is 11.6 Å². The third-order valence-corrected chi connectivity index (χ3v) is 6.43. The van der Waals surface area contributed by atoms with Crippen LogP contribution in [0.3, 0.4) is 0 Å². The highest BCUT2D eigenvalue weighted by Gasteiger charge is 2.29. The lowest BCUT2D eigenvalue weighted by molar-refractivity contribution is -0.126. The first-order valence-electron chi connectivity index (χ1n) is 10.9. The Morgan fingerprint density at radius 2 is 1.88 bits per heavy atom. The van der Waals surface area contributed by atoms with Crippen LogP contribution in [0.5, 0.6) is 0 Å². The summed E-state index contributed by atoms with van der Waals surface area (Å²) in [6, 6.07) is 12.2. The third-order valence-electron chi connectivity index (χ3n) is 6.22. The van der Waals surface area contributed by atoms with E-state index in [-0.39, 0.29) is 11.7 Å². The van der Waals surface area contributed by atoms with Crippen molar-refractivity contribution in [2.45, 2.75) is 44.2 Å². The standard InChI is InChI=1S/C24H27ClN4O3/c25-19-11-18(12-20(13-19)27-24(32)28-21-4-5-22(21)30)23(31)29-8-6-16(7-9-29)17-3-1-2-15(10-17)14-26/h1-3,10-13,16,21H,4-9,14,26H2,(H2,27,28,32). The average Bonchev–Trinajstić information content (AvgIpc) is 2.81. The molecule has 8 heteroatoms. The van der Waals surface area contributed by atoms with Crippen LogP contribution in [0.2, 0.25) is 5.02 Å². The van der Waals surface area contributed by atoms with Crippen molar-refractivity contribution in [3.63, 3.8) is 0 Å². The summed E-state index contributed by atoms with van der Waals surface area (Å²) in [5.41, 5.74) is 8.99. The molecule has 0 radical (unpaired) electrons. The minimum absolute atomic E-state index is 0.0280. The maximum Gasteiger partial charge on any atom is 0.319 e.